The fraction of sp³-hybridized carbons (Fsp3) is 0.524. The molecule has 5 rings (SSSR count). The van der Waals surface area contributed by atoms with Crippen molar-refractivity contribution in [3.8, 4) is 5.88 Å². The maximum atomic E-state index is 13.2. The van der Waals surface area contributed by atoms with Crippen molar-refractivity contribution in [1.82, 2.24) is 9.78 Å². The van der Waals surface area contributed by atoms with E-state index < -0.39 is 15.9 Å². The first-order valence-electron chi connectivity index (χ1n) is 10.7. The number of rotatable bonds is 4. The second kappa shape index (κ2) is 7.92. The molecule has 31 heavy (non-hydrogen) atoms. The van der Waals surface area contributed by atoms with Crippen LogP contribution in [0.2, 0.25) is 0 Å². The third kappa shape index (κ3) is 3.62. The lowest BCUT2D eigenvalue weighted by molar-refractivity contribution is 0.179. The van der Waals surface area contributed by atoms with Gasteiger partial charge in [-0.1, -0.05) is 6.07 Å². The lowest BCUT2D eigenvalue weighted by Crippen LogP contribution is -2.21. The van der Waals surface area contributed by atoms with Gasteiger partial charge in [-0.2, -0.15) is 5.10 Å². The van der Waals surface area contributed by atoms with Crippen LogP contribution in [0.15, 0.2) is 21.5 Å². The number of aromatic nitrogens is 2. The number of nitrogens with two attached hydrogens (primary N) is 1. The van der Waals surface area contributed by atoms with E-state index in [4.69, 9.17) is 14.6 Å². The fourth-order valence-corrected chi connectivity index (χ4v) is 6.03. The second-order valence-corrected chi connectivity index (χ2v) is 10.1. The lowest BCUT2D eigenvalue weighted by atomic mass is 9.94. The highest BCUT2D eigenvalue weighted by Gasteiger charge is 2.31. The molecule has 2 atom stereocenters. The number of carbonyl (C=O) groups excluding carboxylic acids is 1. The van der Waals surface area contributed by atoms with Crippen LogP contribution in [0.3, 0.4) is 0 Å². The Kier molecular flexibility index (Phi) is 5.23. The quantitative estimate of drug-likeness (QED) is 0.750. The first-order chi connectivity index (χ1) is 15.0. The summed E-state index contributed by atoms with van der Waals surface area (Å²) in [6.07, 6.45) is 7.10. The zero-order chi connectivity index (χ0) is 21.6. The van der Waals surface area contributed by atoms with Gasteiger partial charge in [0.15, 0.2) is 9.92 Å². The van der Waals surface area contributed by atoms with E-state index >= 15 is 0 Å². The van der Waals surface area contributed by atoms with Crippen LogP contribution in [0.5, 0.6) is 5.88 Å². The van der Waals surface area contributed by atoms with Gasteiger partial charge in [0.2, 0.25) is 5.88 Å². The molecular formula is C21H27N5O4S. The molecule has 1 aromatic heterocycles. The van der Waals surface area contributed by atoms with Crippen molar-refractivity contribution < 1.29 is 18.5 Å². The minimum atomic E-state index is -3.50. The molecule has 0 saturated heterocycles. The van der Waals surface area contributed by atoms with Crippen molar-refractivity contribution in [3.05, 3.63) is 34.5 Å². The Balaban J connectivity index is 1.50. The molecular weight excluding hydrogens is 418 g/mol. The minimum absolute atomic E-state index is 0.156. The molecule has 1 unspecified atom stereocenters. The summed E-state index contributed by atoms with van der Waals surface area (Å²) in [7, 11) is -1.81. The largest absolute Gasteiger partial charge is 0.477 e. The van der Waals surface area contributed by atoms with Crippen molar-refractivity contribution >= 4 is 21.6 Å². The predicted molar refractivity (Wildman–Crippen MR) is 116 cm³/mol. The molecule has 166 valence electrons. The number of nitrogens with zero attached hydrogens (tertiary/aromatic N) is 3. The summed E-state index contributed by atoms with van der Waals surface area (Å²) in [5.41, 5.74) is 5.62. The molecule has 0 bridgehead atoms. The Hall–Kier alpha value is -2.43. The molecule has 3 aliphatic rings. The van der Waals surface area contributed by atoms with Crippen LogP contribution in [-0.4, -0.2) is 40.3 Å². The highest BCUT2D eigenvalue weighted by Crippen LogP contribution is 2.44. The molecule has 2 amide bonds. The van der Waals surface area contributed by atoms with Crippen LogP contribution in [0.25, 0.3) is 0 Å². The van der Waals surface area contributed by atoms with E-state index in [1.807, 2.05) is 0 Å². The predicted octanol–water partition coefficient (Wildman–Crippen LogP) is 2.76. The smallest absolute Gasteiger partial charge is 0.354 e. The van der Waals surface area contributed by atoms with E-state index in [0.29, 0.717) is 25.6 Å². The number of nitrogens with one attached hydrogen (secondary N) is 1. The molecule has 1 aromatic carbocycles. The Labute approximate surface area is 181 Å². The molecule has 0 spiro atoms. The highest BCUT2D eigenvalue weighted by atomic mass is 32.2. The summed E-state index contributed by atoms with van der Waals surface area (Å²) in [4.78, 5) is 13.1. The van der Waals surface area contributed by atoms with E-state index in [-0.39, 0.29) is 10.8 Å². The Bertz CT molecular complexity index is 1170. The fourth-order valence-electron chi connectivity index (χ4n) is 5.03. The van der Waals surface area contributed by atoms with Crippen LogP contribution < -0.4 is 15.2 Å². The molecule has 3 N–H and O–H groups in total. The topological polar surface area (TPSA) is 121 Å². The number of carbonyl (C=O) groups is 1. The number of urea groups is 1. The van der Waals surface area contributed by atoms with E-state index in [0.717, 1.165) is 55.3 Å². The minimum Gasteiger partial charge on any atom is -0.477 e. The number of amides is 2. The molecule has 0 saturated carbocycles. The molecule has 2 aliphatic carbocycles. The maximum Gasteiger partial charge on any atom is 0.354 e. The number of hydrogen-bond donors (Lipinski definition) is 2. The summed E-state index contributed by atoms with van der Waals surface area (Å²) < 4.78 is 29.6. The van der Waals surface area contributed by atoms with Crippen LogP contribution in [-0.2, 0) is 40.5 Å². The molecule has 0 radical (unpaired) electrons. The Morgan fingerprint density at radius 3 is 3.10 bits per heavy atom. The Morgan fingerprint density at radius 2 is 2.26 bits per heavy atom. The summed E-state index contributed by atoms with van der Waals surface area (Å²) in [5, 5.41) is 13.1. The van der Waals surface area contributed by atoms with Gasteiger partial charge < -0.3 is 14.8 Å². The Morgan fingerprint density at radius 1 is 1.39 bits per heavy atom. The molecule has 0 fully saturated rings. The number of benzene rings is 1. The van der Waals surface area contributed by atoms with E-state index in [1.165, 1.54) is 17.3 Å². The molecule has 1 aliphatic heterocycles. The summed E-state index contributed by atoms with van der Waals surface area (Å²) in [6, 6.07) is 1.57. The van der Waals surface area contributed by atoms with Gasteiger partial charge in [-0.05, 0) is 54.4 Å². The lowest BCUT2D eigenvalue weighted by Gasteiger charge is -2.19. The summed E-state index contributed by atoms with van der Waals surface area (Å²) in [5.74, 6) is 0.552. The van der Waals surface area contributed by atoms with Gasteiger partial charge in [-0.25, -0.2) is 18.8 Å². The van der Waals surface area contributed by atoms with Gasteiger partial charge in [-0.3, -0.25) is 0 Å². The van der Waals surface area contributed by atoms with Crippen LogP contribution in [0.4, 0.5) is 10.5 Å². The monoisotopic (exact) mass is 445 g/mol. The second-order valence-electron chi connectivity index (χ2n) is 8.34. The highest BCUT2D eigenvalue weighted by molar-refractivity contribution is 7.91. The molecule has 2 heterocycles. The van der Waals surface area contributed by atoms with Crippen LogP contribution >= 0.6 is 0 Å². The van der Waals surface area contributed by atoms with Crippen molar-refractivity contribution in [3.63, 3.8) is 0 Å². The first-order valence-corrected chi connectivity index (χ1v) is 12.3. The van der Waals surface area contributed by atoms with E-state index in [9.17, 15) is 9.00 Å². The van der Waals surface area contributed by atoms with Crippen LogP contribution in [0.1, 0.15) is 47.4 Å². The average Bonchev–Trinajstić information content (AvgIpc) is 3.46. The number of ether oxygens (including phenoxy) is 2. The molecule has 10 heteroatoms. The van der Waals surface area contributed by atoms with Gasteiger partial charge >= 0.3 is 6.03 Å². The van der Waals surface area contributed by atoms with Gasteiger partial charge in [0.05, 0.1) is 19.4 Å². The zero-order valence-electron chi connectivity index (χ0n) is 17.6. The standard InChI is InChI=1S/C21H27N5O4S/c1-29-12-15-7-6-14-10-13-4-2-5-16(13)19(18(14)15)24-21(27)25-31(22,28)17-11-23-26-8-3-9-30-20(17)26/h10-11,15H,2-9,12H2,1H3,(H3,22,24,25,27,28)/t15-,31?/m1/s1. The number of hydrogen-bond acceptors (Lipinski definition) is 5. The first kappa shape index (κ1) is 20.5. The SMILES string of the molecule is COC[C@H]1CCc2cc3c(c(NC(=O)N=S(N)(=O)c4cnn5c4OCCC5)c21)CCC3. The zero-order valence-corrected chi connectivity index (χ0v) is 18.4. The number of anilines is 1. The normalized spacial score (nSPS) is 20.9. The number of methoxy groups -OCH3 is 1. The van der Waals surface area contributed by atoms with Crippen molar-refractivity contribution in [2.45, 2.75) is 55.9 Å². The van der Waals surface area contributed by atoms with Crippen molar-refractivity contribution in [1.29, 1.82) is 0 Å². The van der Waals surface area contributed by atoms with Gasteiger partial charge in [0.25, 0.3) is 0 Å². The third-order valence-corrected chi connectivity index (χ3v) is 7.69. The van der Waals surface area contributed by atoms with Gasteiger partial charge in [0.1, 0.15) is 4.90 Å². The number of aryl methyl sites for hydroxylation is 3. The average molecular weight is 446 g/mol. The summed E-state index contributed by atoms with van der Waals surface area (Å²) >= 11 is 0. The van der Waals surface area contributed by atoms with Gasteiger partial charge in [-0.15, -0.1) is 4.36 Å². The van der Waals surface area contributed by atoms with Gasteiger partial charge in [0, 0.05) is 31.7 Å². The molecule has 2 aromatic rings. The maximum absolute atomic E-state index is 13.2. The van der Waals surface area contributed by atoms with Crippen molar-refractivity contribution in [2.24, 2.45) is 9.50 Å². The van der Waals surface area contributed by atoms with Crippen LogP contribution in [0, 0.1) is 0 Å². The summed E-state index contributed by atoms with van der Waals surface area (Å²) in [6.45, 7) is 1.74. The molecule has 9 nitrogen and oxygen atoms in total. The number of fused-ring (bicyclic) bond motifs is 3. The van der Waals surface area contributed by atoms with Crippen molar-refractivity contribution in [2.75, 3.05) is 25.6 Å². The van der Waals surface area contributed by atoms with E-state index in [2.05, 4.69) is 20.8 Å². The third-order valence-electron chi connectivity index (χ3n) is 6.34. The van der Waals surface area contributed by atoms with E-state index in [1.54, 1.807) is 11.8 Å².